The Morgan fingerprint density at radius 2 is 2.06 bits per heavy atom. The van der Waals surface area contributed by atoms with Crippen molar-refractivity contribution in [2.24, 2.45) is 0 Å². The van der Waals surface area contributed by atoms with Gasteiger partial charge in [0.15, 0.2) is 0 Å². The molecular weight excluding hydrogens is 436 g/mol. The zero-order valence-electron chi connectivity index (χ0n) is 16.9. The third-order valence-electron chi connectivity index (χ3n) is 5.62. The molecule has 1 amide bonds. The number of aromatic nitrogens is 2. The Kier molecular flexibility index (Phi) is 5.79. The molecule has 3 fully saturated rings. The van der Waals surface area contributed by atoms with Gasteiger partial charge in [-0.1, -0.05) is 30.0 Å². The maximum absolute atomic E-state index is 13.4. The van der Waals surface area contributed by atoms with Crippen LogP contribution in [-0.2, 0) is 14.3 Å². The van der Waals surface area contributed by atoms with E-state index in [-0.39, 0.29) is 17.6 Å². The number of nitrogens with zero attached hydrogens (tertiary/aromatic N) is 4. The molecule has 10 heteroatoms. The number of thioether (sulfide) groups is 1. The van der Waals surface area contributed by atoms with Crippen molar-refractivity contribution in [2.75, 3.05) is 44.4 Å². The fraction of sp³-hybridized carbons (Fsp3) is 0.429. The van der Waals surface area contributed by atoms with E-state index in [0.717, 1.165) is 19.4 Å². The lowest BCUT2D eigenvalue weighted by Crippen LogP contribution is -2.38. The van der Waals surface area contributed by atoms with Gasteiger partial charge in [-0.05, 0) is 31.1 Å². The molecule has 3 aliphatic heterocycles. The van der Waals surface area contributed by atoms with Gasteiger partial charge in [0.1, 0.15) is 15.8 Å². The minimum absolute atomic E-state index is 0.0127. The Hall–Kier alpha value is -2.27. The van der Waals surface area contributed by atoms with E-state index in [1.165, 1.54) is 16.2 Å². The number of carbonyl (C=O) groups is 1. The number of ether oxygens (including phenoxy) is 2. The fourth-order valence-corrected chi connectivity index (χ4v) is 5.27. The average molecular weight is 459 g/mol. The number of anilines is 1. The van der Waals surface area contributed by atoms with Crippen LogP contribution in [0.15, 0.2) is 34.1 Å². The molecule has 8 nitrogen and oxygen atoms in total. The van der Waals surface area contributed by atoms with E-state index in [4.69, 9.17) is 26.7 Å². The van der Waals surface area contributed by atoms with Crippen LogP contribution in [0.1, 0.15) is 18.4 Å². The van der Waals surface area contributed by atoms with Crippen LogP contribution < -0.4 is 10.5 Å². The standard InChI is InChI=1S/C21H22N4O4S2/c26-19-15(12-16-20(27)25(21(30)31-16)13-14-4-3-9-29-14)18(23-7-10-28-11-8-23)22-17-5-1-2-6-24(17)19/h1-2,5-6,12,14H,3-4,7-11,13H2/b16-12-. The van der Waals surface area contributed by atoms with Crippen molar-refractivity contribution in [1.82, 2.24) is 14.3 Å². The summed E-state index contributed by atoms with van der Waals surface area (Å²) in [5.41, 5.74) is 0.747. The number of fused-ring (bicyclic) bond motifs is 1. The first-order chi connectivity index (χ1) is 15.1. The van der Waals surface area contributed by atoms with Gasteiger partial charge in [-0.25, -0.2) is 4.98 Å². The van der Waals surface area contributed by atoms with Crippen molar-refractivity contribution in [2.45, 2.75) is 18.9 Å². The van der Waals surface area contributed by atoms with E-state index >= 15 is 0 Å². The van der Waals surface area contributed by atoms with Crippen LogP contribution in [0.25, 0.3) is 11.7 Å². The van der Waals surface area contributed by atoms with Crippen LogP contribution in [0.2, 0.25) is 0 Å². The van der Waals surface area contributed by atoms with Crippen LogP contribution >= 0.6 is 24.0 Å². The normalized spacial score (nSPS) is 23.5. The SMILES string of the molecule is O=C1/C(=C/c2c(N3CCOCC3)nc3ccccn3c2=O)SC(=S)N1CC1CCCO1. The fourth-order valence-electron chi connectivity index (χ4n) is 4.01. The van der Waals surface area contributed by atoms with Gasteiger partial charge in [-0.2, -0.15) is 0 Å². The van der Waals surface area contributed by atoms with Gasteiger partial charge in [-0.15, -0.1) is 0 Å². The van der Waals surface area contributed by atoms with Gasteiger partial charge in [0, 0.05) is 25.9 Å². The third-order valence-corrected chi connectivity index (χ3v) is 7.00. The molecule has 0 N–H and O–H groups in total. The third kappa shape index (κ3) is 4.00. The maximum atomic E-state index is 13.4. The highest BCUT2D eigenvalue weighted by molar-refractivity contribution is 8.26. The highest BCUT2D eigenvalue weighted by Gasteiger charge is 2.35. The Bertz CT molecular complexity index is 1120. The molecule has 0 radical (unpaired) electrons. The van der Waals surface area contributed by atoms with E-state index in [1.54, 1.807) is 29.3 Å². The minimum Gasteiger partial charge on any atom is -0.378 e. The molecule has 5 heterocycles. The molecule has 0 bridgehead atoms. The van der Waals surface area contributed by atoms with Crippen molar-refractivity contribution in [3.63, 3.8) is 0 Å². The Labute approximate surface area is 188 Å². The summed E-state index contributed by atoms with van der Waals surface area (Å²) >= 11 is 6.68. The zero-order valence-corrected chi connectivity index (χ0v) is 18.5. The minimum atomic E-state index is -0.212. The van der Waals surface area contributed by atoms with Crippen LogP contribution in [0, 0.1) is 0 Å². The number of rotatable bonds is 4. The van der Waals surface area contributed by atoms with E-state index in [2.05, 4.69) is 0 Å². The summed E-state index contributed by atoms with van der Waals surface area (Å²) in [6.45, 7) is 3.58. The number of hydrogen-bond donors (Lipinski definition) is 0. The monoisotopic (exact) mass is 458 g/mol. The molecule has 0 aliphatic carbocycles. The lowest BCUT2D eigenvalue weighted by atomic mass is 10.2. The predicted molar refractivity (Wildman–Crippen MR) is 123 cm³/mol. The van der Waals surface area contributed by atoms with Crippen LogP contribution in [0.5, 0.6) is 0 Å². The molecule has 0 spiro atoms. The van der Waals surface area contributed by atoms with E-state index in [1.807, 2.05) is 11.0 Å². The number of thiocarbonyl (C=S) groups is 1. The number of pyridine rings is 1. The zero-order chi connectivity index (χ0) is 21.4. The van der Waals surface area contributed by atoms with Gasteiger partial charge in [0.25, 0.3) is 11.5 Å². The second-order valence-electron chi connectivity index (χ2n) is 7.61. The van der Waals surface area contributed by atoms with E-state index < -0.39 is 0 Å². The van der Waals surface area contributed by atoms with E-state index in [0.29, 0.717) is 59.1 Å². The maximum Gasteiger partial charge on any atom is 0.267 e. The summed E-state index contributed by atoms with van der Waals surface area (Å²) in [6.07, 6.45) is 5.27. The smallest absolute Gasteiger partial charge is 0.267 e. The van der Waals surface area contributed by atoms with Crippen LogP contribution in [0.4, 0.5) is 5.82 Å². The van der Waals surface area contributed by atoms with Gasteiger partial charge < -0.3 is 14.4 Å². The van der Waals surface area contributed by atoms with Crippen LogP contribution in [0.3, 0.4) is 0 Å². The number of amides is 1. The van der Waals surface area contributed by atoms with E-state index in [9.17, 15) is 9.59 Å². The van der Waals surface area contributed by atoms with Gasteiger partial charge >= 0.3 is 0 Å². The second kappa shape index (κ2) is 8.70. The van der Waals surface area contributed by atoms with Gasteiger partial charge in [0.05, 0.1) is 36.3 Å². The first kappa shape index (κ1) is 20.6. The second-order valence-corrected chi connectivity index (χ2v) is 9.29. The molecule has 3 saturated heterocycles. The molecule has 1 unspecified atom stereocenters. The number of carbonyl (C=O) groups excluding carboxylic acids is 1. The molecule has 1 atom stereocenters. The molecule has 0 aromatic carbocycles. The first-order valence-electron chi connectivity index (χ1n) is 10.3. The highest BCUT2D eigenvalue weighted by Crippen LogP contribution is 2.34. The summed E-state index contributed by atoms with van der Waals surface area (Å²) in [7, 11) is 0. The molecule has 0 saturated carbocycles. The van der Waals surface area contributed by atoms with Crippen LogP contribution in [-0.4, -0.2) is 70.1 Å². The summed E-state index contributed by atoms with van der Waals surface area (Å²) in [5, 5.41) is 0. The lowest BCUT2D eigenvalue weighted by molar-refractivity contribution is -0.123. The summed E-state index contributed by atoms with van der Waals surface area (Å²) < 4.78 is 13.1. The van der Waals surface area contributed by atoms with Crippen molar-refractivity contribution >= 4 is 51.7 Å². The molecule has 5 rings (SSSR count). The summed E-state index contributed by atoms with van der Waals surface area (Å²) in [4.78, 5) is 35.3. The molecular formula is C21H22N4O4S2. The molecule has 162 valence electrons. The van der Waals surface area contributed by atoms with Crippen molar-refractivity contribution in [3.05, 3.63) is 45.2 Å². The van der Waals surface area contributed by atoms with Crippen molar-refractivity contribution in [3.8, 4) is 0 Å². The summed E-state index contributed by atoms with van der Waals surface area (Å²) in [5.74, 6) is 0.389. The number of morpholine rings is 1. The quantitative estimate of drug-likeness (QED) is 0.508. The first-order valence-corrected chi connectivity index (χ1v) is 11.6. The topological polar surface area (TPSA) is 76.4 Å². The predicted octanol–water partition coefficient (Wildman–Crippen LogP) is 1.91. The summed E-state index contributed by atoms with van der Waals surface area (Å²) in [6, 6.07) is 5.44. The van der Waals surface area contributed by atoms with Crippen molar-refractivity contribution < 1.29 is 14.3 Å². The largest absolute Gasteiger partial charge is 0.378 e. The Balaban J connectivity index is 1.55. The van der Waals surface area contributed by atoms with Gasteiger partial charge in [0.2, 0.25) is 0 Å². The van der Waals surface area contributed by atoms with Gasteiger partial charge in [-0.3, -0.25) is 18.9 Å². The average Bonchev–Trinajstić information content (AvgIpc) is 3.40. The Morgan fingerprint density at radius 3 is 2.84 bits per heavy atom. The molecule has 2 aromatic heterocycles. The number of hydrogen-bond acceptors (Lipinski definition) is 8. The molecule has 2 aromatic rings. The molecule has 31 heavy (non-hydrogen) atoms. The van der Waals surface area contributed by atoms with Crippen molar-refractivity contribution in [1.29, 1.82) is 0 Å². The molecule has 3 aliphatic rings. The highest BCUT2D eigenvalue weighted by atomic mass is 32.2. The lowest BCUT2D eigenvalue weighted by Gasteiger charge is -2.29. The Morgan fingerprint density at radius 1 is 1.23 bits per heavy atom.